The number of aliphatic carboxylic acids is 1. The number of carbonyl (C=O) groups is 2. The summed E-state index contributed by atoms with van der Waals surface area (Å²) in [6.07, 6.45) is 3.70. The van der Waals surface area contributed by atoms with Crippen LogP contribution in [-0.4, -0.2) is 40.8 Å². The first kappa shape index (κ1) is 16.5. The Balaban J connectivity index is 2.79. The molecule has 0 radical (unpaired) electrons. The van der Waals surface area contributed by atoms with Crippen LogP contribution in [0.25, 0.3) is 0 Å². The lowest BCUT2D eigenvalue weighted by Gasteiger charge is -2.40. The fourth-order valence-corrected chi connectivity index (χ4v) is 2.48. The van der Waals surface area contributed by atoms with Crippen molar-refractivity contribution in [3.63, 3.8) is 0 Å². The number of ether oxygens (including phenoxy) is 1. The number of rotatable bonds is 4. The van der Waals surface area contributed by atoms with Gasteiger partial charge in [0.25, 0.3) is 0 Å². The molecule has 1 saturated heterocycles. The summed E-state index contributed by atoms with van der Waals surface area (Å²) < 4.78 is 5.33. The van der Waals surface area contributed by atoms with Crippen LogP contribution in [0.2, 0.25) is 0 Å². The van der Waals surface area contributed by atoms with Crippen molar-refractivity contribution in [3.05, 3.63) is 12.7 Å². The average Bonchev–Trinajstić information content (AvgIpc) is 2.34. The summed E-state index contributed by atoms with van der Waals surface area (Å²) in [4.78, 5) is 25.2. The van der Waals surface area contributed by atoms with E-state index in [1.807, 2.05) is 0 Å². The fraction of sp³-hybridized carbons (Fsp3) is 0.733. The van der Waals surface area contributed by atoms with E-state index in [0.717, 1.165) is 0 Å². The van der Waals surface area contributed by atoms with Gasteiger partial charge in [0, 0.05) is 13.1 Å². The molecular weight excluding hydrogens is 258 g/mol. The normalized spacial score (nSPS) is 23.2. The molecule has 5 nitrogen and oxygen atoms in total. The fourth-order valence-electron chi connectivity index (χ4n) is 2.48. The number of allylic oxidation sites excluding steroid dienone is 1. The number of carboxylic acid groups (broad SMARTS) is 1. The van der Waals surface area contributed by atoms with Crippen LogP contribution in [0.3, 0.4) is 0 Å². The summed E-state index contributed by atoms with van der Waals surface area (Å²) in [5, 5.41) is 9.53. The van der Waals surface area contributed by atoms with Gasteiger partial charge in [0.15, 0.2) is 0 Å². The summed E-state index contributed by atoms with van der Waals surface area (Å²) in [5.41, 5.74) is -1.44. The molecule has 1 amide bonds. The molecule has 1 aliphatic heterocycles. The molecule has 1 fully saturated rings. The number of amides is 1. The number of likely N-dealkylation sites (tertiary alicyclic amines) is 1. The first-order valence-electron chi connectivity index (χ1n) is 7.02. The van der Waals surface area contributed by atoms with Gasteiger partial charge in [-0.25, -0.2) is 4.79 Å². The molecule has 1 heterocycles. The molecule has 0 aromatic carbocycles. The van der Waals surface area contributed by atoms with Crippen molar-refractivity contribution >= 4 is 12.1 Å². The second-order valence-electron chi connectivity index (χ2n) is 6.42. The Morgan fingerprint density at radius 1 is 1.45 bits per heavy atom. The number of carboxylic acids is 1. The van der Waals surface area contributed by atoms with Gasteiger partial charge >= 0.3 is 12.1 Å². The highest BCUT2D eigenvalue weighted by Crippen LogP contribution is 2.35. The Bertz CT molecular complexity index is 386. The lowest BCUT2D eigenvalue weighted by atomic mass is 9.76. The highest BCUT2D eigenvalue weighted by molar-refractivity contribution is 5.77. The van der Waals surface area contributed by atoms with Crippen LogP contribution in [0.15, 0.2) is 12.7 Å². The number of hydrogen-bond donors (Lipinski definition) is 1. The van der Waals surface area contributed by atoms with Gasteiger partial charge in [-0.1, -0.05) is 6.08 Å². The second-order valence-corrected chi connectivity index (χ2v) is 6.42. The zero-order valence-corrected chi connectivity index (χ0v) is 12.6. The minimum Gasteiger partial charge on any atom is -0.481 e. The summed E-state index contributed by atoms with van der Waals surface area (Å²) in [5.74, 6) is -0.840. The lowest BCUT2D eigenvalue weighted by molar-refractivity contribution is -0.152. The first-order chi connectivity index (χ1) is 9.20. The van der Waals surface area contributed by atoms with E-state index in [9.17, 15) is 14.7 Å². The Kier molecular flexibility index (Phi) is 5.20. The third-order valence-electron chi connectivity index (χ3n) is 3.51. The summed E-state index contributed by atoms with van der Waals surface area (Å²) >= 11 is 0. The van der Waals surface area contributed by atoms with E-state index < -0.39 is 23.1 Å². The highest BCUT2D eigenvalue weighted by atomic mass is 16.6. The molecule has 0 unspecified atom stereocenters. The molecule has 1 aliphatic rings. The predicted molar refractivity (Wildman–Crippen MR) is 76.5 cm³/mol. The van der Waals surface area contributed by atoms with Crippen LogP contribution in [-0.2, 0) is 9.53 Å². The van der Waals surface area contributed by atoms with Crippen molar-refractivity contribution in [1.82, 2.24) is 4.90 Å². The van der Waals surface area contributed by atoms with Crippen molar-refractivity contribution < 1.29 is 19.4 Å². The van der Waals surface area contributed by atoms with E-state index in [1.54, 1.807) is 26.8 Å². The van der Waals surface area contributed by atoms with Gasteiger partial charge in [0.05, 0.1) is 5.41 Å². The zero-order chi connectivity index (χ0) is 15.4. The molecule has 0 aromatic rings. The Labute approximate surface area is 120 Å². The van der Waals surface area contributed by atoms with E-state index in [4.69, 9.17) is 4.74 Å². The van der Waals surface area contributed by atoms with Crippen LogP contribution in [0.1, 0.15) is 46.5 Å². The van der Waals surface area contributed by atoms with Gasteiger partial charge in [0.2, 0.25) is 0 Å². The monoisotopic (exact) mass is 283 g/mol. The van der Waals surface area contributed by atoms with Crippen molar-refractivity contribution in [2.45, 2.75) is 52.1 Å². The average molecular weight is 283 g/mol. The maximum atomic E-state index is 12.1. The molecule has 1 atom stereocenters. The number of nitrogens with zero attached hydrogens (tertiary/aromatic N) is 1. The molecule has 20 heavy (non-hydrogen) atoms. The third kappa shape index (κ3) is 4.25. The molecule has 0 bridgehead atoms. The number of hydrogen-bond acceptors (Lipinski definition) is 3. The maximum Gasteiger partial charge on any atom is 0.410 e. The van der Waals surface area contributed by atoms with E-state index in [-0.39, 0.29) is 6.54 Å². The summed E-state index contributed by atoms with van der Waals surface area (Å²) in [6, 6.07) is 0. The lowest BCUT2D eigenvalue weighted by Crippen LogP contribution is -2.51. The Morgan fingerprint density at radius 3 is 2.60 bits per heavy atom. The number of piperidine rings is 1. The molecule has 5 heteroatoms. The maximum absolute atomic E-state index is 12.1. The van der Waals surface area contributed by atoms with Crippen molar-refractivity contribution in [1.29, 1.82) is 0 Å². The van der Waals surface area contributed by atoms with Gasteiger partial charge in [0.1, 0.15) is 5.60 Å². The van der Waals surface area contributed by atoms with Gasteiger partial charge in [-0.15, -0.1) is 6.58 Å². The van der Waals surface area contributed by atoms with Crippen LogP contribution < -0.4 is 0 Å². The largest absolute Gasteiger partial charge is 0.481 e. The minimum absolute atomic E-state index is 0.213. The van der Waals surface area contributed by atoms with Gasteiger partial charge in [-0.2, -0.15) is 0 Å². The third-order valence-corrected chi connectivity index (χ3v) is 3.51. The number of carbonyl (C=O) groups excluding carboxylic acids is 1. The molecule has 0 spiro atoms. The molecule has 114 valence electrons. The van der Waals surface area contributed by atoms with Crippen molar-refractivity contribution in [2.75, 3.05) is 13.1 Å². The van der Waals surface area contributed by atoms with Gasteiger partial charge in [-0.05, 0) is 46.5 Å². The van der Waals surface area contributed by atoms with Crippen LogP contribution >= 0.6 is 0 Å². The second kappa shape index (κ2) is 6.29. The molecular formula is C15H25NO4. The van der Waals surface area contributed by atoms with Crippen LogP contribution in [0.5, 0.6) is 0 Å². The summed E-state index contributed by atoms with van der Waals surface area (Å²) in [7, 11) is 0. The minimum atomic E-state index is -0.872. The standard InChI is InChI=1S/C15H25NO4/c1-5-6-8-15(12(17)18)9-7-10-16(11-15)13(19)20-14(2,3)4/h5H,1,6-11H2,2-4H3,(H,17,18)/t15-/m0/s1. The van der Waals surface area contributed by atoms with E-state index >= 15 is 0 Å². The molecule has 0 saturated carbocycles. The van der Waals surface area contributed by atoms with E-state index in [0.29, 0.717) is 32.2 Å². The summed E-state index contributed by atoms with van der Waals surface area (Å²) in [6.45, 7) is 9.81. The molecule has 1 N–H and O–H groups in total. The Morgan fingerprint density at radius 2 is 2.10 bits per heavy atom. The zero-order valence-electron chi connectivity index (χ0n) is 12.6. The topological polar surface area (TPSA) is 66.8 Å². The van der Waals surface area contributed by atoms with Crippen molar-refractivity contribution in [2.24, 2.45) is 5.41 Å². The van der Waals surface area contributed by atoms with Gasteiger partial charge in [-0.3, -0.25) is 4.79 Å². The first-order valence-corrected chi connectivity index (χ1v) is 7.02. The highest BCUT2D eigenvalue weighted by Gasteiger charge is 2.43. The van der Waals surface area contributed by atoms with Crippen LogP contribution in [0, 0.1) is 5.41 Å². The molecule has 0 aromatic heterocycles. The van der Waals surface area contributed by atoms with Crippen molar-refractivity contribution in [3.8, 4) is 0 Å². The SMILES string of the molecule is C=CCC[C@]1(C(=O)O)CCCN(C(=O)OC(C)(C)C)C1. The molecule has 1 rings (SSSR count). The Hall–Kier alpha value is -1.52. The van der Waals surface area contributed by atoms with Gasteiger partial charge < -0.3 is 14.7 Å². The molecule has 0 aliphatic carbocycles. The smallest absolute Gasteiger partial charge is 0.410 e. The van der Waals surface area contributed by atoms with E-state index in [1.165, 1.54) is 4.90 Å². The van der Waals surface area contributed by atoms with E-state index in [2.05, 4.69) is 6.58 Å². The quantitative estimate of drug-likeness (QED) is 0.805. The predicted octanol–water partition coefficient (Wildman–Crippen LogP) is 3.05. The van der Waals surface area contributed by atoms with Crippen LogP contribution in [0.4, 0.5) is 4.79 Å².